The molecule has 0 bridgehead atoms. The quantitative estimate of drug-likeness (QED) is 0.445. The average Bonchev–Trinajstić information content (AvgIpc) is 3.18. The van der Waals surface area contributed by atoms with E-state index in [1.54, 1.807) is 19.3 Å². The van der Waals surface area contributed by atoms with Crippen LogP contribution in [0.2, 0.25) is 0 Å². The number of amides is 1. The lowest BCUT2D eigenvalue weighted by atomic mass is 9.99. The number of carbonyl (C=O) groups is 1. The predicted molar refractivity (Wildman–Crippen MR) is 117 cm³/mol. The van der Waals surface area contributed by atoms with Crippen LogP contribution in [0.15, 0.2) is 62.4 Å². The summed E-state index contributed by atoms with van der Waals surface area (Å²) in [4.78, 5) is 26.6. The normalized spacial score (nSPS) is 11.3. The molecule has 160 valence electrons. The van der Waals surface area contributed by atoms with Crippen molar-refractivity contribution in [2.24, 2.45) is 0 Å². The summed E-state index contributed by atoms with van der Waals surface area (Å²) in [6.07, 6.45) is 1.51. The molecule has 0 saturated heterocycles. The lowest BCUT2D eigenvalue weighted by molar-refractivity contribution is -0.131. The summed E-state index contributed by atoms with van der Waals surface area (Å²) in [6.45, 7) is 1.52. The minimum Gasteiger partial charge on any atom is -0.464 e. The molecule has 0 aliphatic rings. The van der Waals surface area contributed by atoms with Gasteiger partial charge in [-0.3, -0.25) is 4.79 Å². The molecule has 0 aliphatic heterocycles. The van der Waals surface area contributed by atoms with E-state index in [1.807, 2.05) is 36.4 Å². The summed E-state index contributed by atoms with van der Waals surface area (Å²) in [5.41, 5.74) is 3.28. The molecule has 0 fully saturated rings. The van der Waals surface area contributed by atoms with Gasteiger partial charge in [0, 0.05) is 35.5 Å². The third-order valence-corrected chi connectivity index (χ3v) is 5.49. The summed E-state index contributed by atoms with van der Waals surface area (Å²) >= 11 is 0. The maximum Gasteiger partial charge on any atom is 0.340 e. The lowest BCUT2D eigenvalue weighted by Gasteiger charge is -2.20. The summed E-state index contributed by atoms with van der Waals surface area (Å²) in [5, 5.41) is 19.9. The first kappa shape index (κ1) is 20.8. The second-order valence-electron chi connectivity index (χ2n) is 7.36. The van der Waals surface area contributed by atoms with E-state index in [-0.39, 0.29) is 44.2 Å². The Kier molecular flexibility index (Phi) is 5.88. The molecule has 2 aromatic heterocycles. The van der Waals surface area contributed by atoms with Crippen molar-refractivity contribution >= 4 is 27.8 Å². The Hall–Kier alpha value is -3.42. The number of fused-ring (bicyclic) bond motifs is 2. The fraction of sp³-hybridized carbons (Fsp3) is 0.250. The van der Waals surface area contributed by atoms with E-state index in [4.69, 9.17) is 19.0 Å². The van der Waals surface area contributed by atoms with E-state index < -0.39 is 5.63 Å². The third-order valence-electron chi connectivity index (χ3n) is 5.49. The lowest BCUT2D eigenvalue weighted by Crippen LogP contribution is -2.37. The van der Waals surface area contributed by atoms with Gasteiger partial charge in [-0.25, -0.2) is 4.79 Å². The average molecular weight is 421 g/mol. The van der Waals surface area contributed by atoms with Gasteiger partial charge in [-0.2, -0.15) is 0 Å². The van der Waals surface area contributed by atoms with Gasteiger partial charge in [0.25, 0.3) is 0 Å². The van der Waals surface area contributed by atoms with Gasteiger partial charge in [0.05, 0.1) is 31.5 Å². The van der Waals surface area contributed by atoms with Gasteiger partial charge in [-0.05, 0) is 24.1 Å². The van der Waals surface area contributed by atoms with Crippen molar-refractivity contribution in [3.8, 4) is 11.1 Å². The maximum atomic E-state index is 12.7. The van der Waals surface area contributed by atoms with Crippen LogP contribution in [0.3, 0.4) is 0 Å². The Labute approximate surface area is 178 Å². The van der Waals surface area contributed by atoms with Crippen LogP contribution in [-0.2, 0) is 11.2 Å². The standard InChI is InChI=1S/C24H23NO6/c1-15-17-11-19-20(16-5-3-2-4-6-16)14-30-21(19)13-22(17)31-24(29)18(15)12-23(28)25(7-9-26)8-10-27/h2-6,11,13-14,26-27H,7-10,12H2,1H3. The molecule has 4 rings (SSSR count). The second kappa shape index (κ2) is 8.75. The number of hydrogen-bond donors (Lipinski definition) is 2. The monoisotopic (exact) mass is 421 g/mol. The first-order valence-corrected chi connectivity index (χ1v) is 10.1. The zero-order valence-corrected chi connectivity index (χ0v) is 17.1. The van der Waals surface area contributed by atoms with Gasteiger partial charge < -0.3 is 23.9 Å². The number of hydrogen-bond acceptors (Lipinski definition) is 6. The minimum atomic E-state index is -0.583. The van der Waals surface area contributed by atoms with Crippen molar-refractivity contribution < 1.29 is 23.8 Å². The van der Waals surface area contributed by atoms with E-state index >= 15 is 0 Å². The van der Waals surface area contributed by atoms with Crippen LogP contribution in [0.1, 0.15) is 11.1 Å². The van der Waals surface area contributed by atoms with E-state index in [1.165, 1.54) is 4.90 Å². The van der Waals surface area contributed by atoms with Crippen molar-refractivity contribution in [2.45, 2.75) is 13.3 Å². The number of aliphatic hydroxyl groups excluding tert-OH is 2. The smallest absolute Gasteiger partial charge is 0.340 e. The molecular formula is C24H23NO6. The number of carbonyl (C=O) groups excluding carboxylic acids is 1. The molecule has 0 radical (unpaired) electrons. The molecule has 0 atom stereocenters. The maximum absolute atomic E-state index is 12.7. The van der Waals surface area contributed by atoms with Crippen LogP contribution in [0, 0.1) is 6.92 Å². The second-order valence-corrected chi connectivity index (χ2v) is 7.36. The summed E-state index contributed by atoms with van der Waals surface area (Å²) < 4.78 is 11.2. The van der Waals surface area contributed by atoms with Crippen LogP contribution in [0.4, 0.5) is 0 Å². The molecule has 0 saturated carbocycles. The molecule has 2 N–H and O–H groups in total. The Bertz CT molecular complexity index is 1280. The van der Waals surface area contributed by atoms with Crippen molar-refractivity contribution in [1.29, 1.82) is 0 Å². The van der Waals surface area contributed by atoms with Crippen LogP contribution in [0.25, 0.3) is 33.1 Å². The van der Waals surface area contributed by atoms with Crippen LogP contribution >= 0.6 is 0 Å². The molecule has 0 spiro atoms. The Morgan fingerprint density at radius 1 is 1.00 bits per heavy atom. The fourth-order valence-electron chi connectivity index (χ4n) is 3.82. The summed E-state index contributed by atoms with van der Waals surface area (Å²) in [6, 6.07) is 13.4. The molecular weight excluding hydrogens is 398 g/mol. The molecule has 2 heterocycles. The van der Waals surface area contributed by atoms with E-state index in [0.29, 0.717) is 16.7 Å². The first-order chi connectivity index (χ1) is 15.0. The van der Waals surface area contributed by atoms with Gasteiger partial charge in [0.1, 0.15) is 11.2 Å². The largest absolute Gasteiger partial charge is 0.464 e. The van der Waals surface area contributed by atoms with Crippen molar-refractivity contribution in [3.63, 3.8) is 0 Å². The number of nitrogens with zero attached hydrogens (tertiary/aromatic N) is 1. The highest BCUT2D eigenvalue weighted by molar-refractivity contribution is 6.02. The van der Waals surface area contributed by atoms with Crippen LogP contribution < -0.4 is 5.63 Å². The van der Waals surface area contributed by atoms with Gasteiger partial charge in [-0.1, -0.05) is 30.3 Å². The summed E-state index contributed by atoms with van der Waals surface area (Å²) in [5.74, 6) is -0.354. The molecule has 7 nitrogen and oxygen atoms in total. The van der Waals surface area contributed by atoms with Crippen molar-refractivity contribution in [1.82, 2.24) is 4.90 Å². The molecule has 31 heavy (non-hydrogen) atoms. The zero-order valence-electron chi connectivity index (χ0n) is 17.1. The Morgan fingerprint density at radius 3 is 2.39 bits per heavy atom. The van der Waals surface area contributed by atoms with Gasteiger partial charge >= 0.3 is 5.63 Å². The molecule has 0 unspecified atom stereocenters. The fourth-order valence-corrected chi connectivity index (χ4v) is 3.82. The molecule has 0 aliphatic carbocycles. The van der Waals surface area contributed by atoms with Gasteiger partial charge in [0.15, 0.2) is 0 Å². The van der Waals surface area contributed by atoms with E-state index in [9.17, 15) is 9.59 Å². The van der Waals surface area contributed by atoms with Crippen LogP contribution in [0.5, 0.6) is 0 Å². The zero-order chi connectivity index (χ0) is 22.0. The van der Waals surface area contributed by atoms with Gasteiger partial charge in [0.2, 0.25) is 5.91 Å². The van der Waals surface area contributed by atoms with Crippen molar-refractivity contribution in [2.75, 3.05) is 26.3 Å². The number of aryl methyl sites for hydroxylation is 1. The number of benzene rings is 2. The van der Waals surface area contributed by atoms with Crippen LogP contribution in [-0.4, -0.2) is 47.3 Å². The predicted octanol–water partition coefficient (Wildman–Crippen LogP) is 2.87. The highest BCUT2D eigenvalue weighted by atomic mass is 16.4. The molecule has 2 aromatic carbocycles. The van der Waals surface area contributed by atoms with Gasteiger partial charge in [-0.15, -0.1) is 0 Å². The Balaban J connectivity index is 1.80. The molecule has 1 amide bonds. The van der Waals surface area contributed by atoms with E-state index in [0.717, 1.165) is 21.9 Å². The number of furan rings is 1. The minimum absolute atomic E-state index is 0.0907. The van der Waals surface area contributed by atoms with Crippen molar-refractivity contribution in [3.05, 3.63) is 70.3 Å². The summed E-state index contributed by atoms with van der Waals surface area (Å²) in [7, 11) is 0. The van der Waals surface area contributed by atoms with E-state index in [2.05, 4.69) is 0 Å². The molecule has 7 heteroatoms. The first-order valence-electron chi connectivity index (χ1n) is 10.1. The number of rotatable bonds is 7. The highest BCUT2D eigenvalue weighted by Gasteiger charge is 2.20. The third kappa shape index (κ3) is 3.97. The molecule has 4 aromatic rings. The highest BCUT2D eigenvalue weighted by Crippen LogP contribution is 2.34. The number of aliphatic hydroxyl groups is 2. The SMILES string of the molecule is Cc1c(CC(=O)N(CCO)CCO)c(=O)oc2cc3occ(-c4ccccc4)c3cc12. The topological polar surface area (TPSA) is 104 Å². The Morgan fingerprint density at radius 2 is 1.71 bits per heavy atom.